The van der Waals surface area contributed by atoms with Crippen LogP contribution in [0.1, 0.15) is 30.4 Å². The molecular weight excluding hydrogens is 357 g/mol. The summed E-state index contributed by atoms with van der Waals surface area (Å²) in [7, 11) is 1.32. The van der Waals surface area contributed by atoms with Crippen LogP contribution >= 0.6 is 12.4 Å². The van der Waals surface area contributed by atoms with Crippen molar-refractivity contribution >= 4 is 18.3 Å². The van der Waals surface area contributed by atoms with Crippen LogP contribution in [0.25, 0.3) is 0 Å². The average Bonchev–Trinajstić information content (AvgIpc) is 3.25. The maximum atomic E-state index is 13.2. The average molecular weight is 379 g/mol. The molecule has 0 bridgehead atoms. The van der Waals surface area contributed by atoms with E-state index < -0.39 is 11.7 Å². The van der Waals surface area contributed by atoms with E-state index in [2.05, 4.69) is 10.6 Å². The molecule has 0 radical (unpaired) electrons. The van der Waals surface area contributed by atoms with Crippen molar-refractivity contribution in [1.82, 2.24) is 10.6 Å². The van der Waals surface area contributed by atoms with Crippen LogP contribution in [-0.4, -0.2) is 26.1 Å². The van der Waals surface area contributed by atoms with Crippen molar-refractivity contribution in [2.45, 2.75) is 32.0 Å². The van der Waals surface area contributed by atoms with Crippen molar-refractivity contribution in [2.24, 2.45) is 11.3 Å². The van der Waals surface area contributed by atoms with Gasteiger partial charge in [0.05, 0.1) is 12.7 Å². The largest absolute Gasteiger partial charge is 0.497 e. The van der Waals surface area contributed by atoms with Gasteiger partial charge in [-0.1, -0.05) is 6.07 Å². The lowest BCUT2D eigenvalue weighted by Crippen LogP contribution is -2.33. The first kappa shape index (κ1) is 19.8. The quantitative estimate of drug-likeness (QED) is 0.846. The zero-order valence-electron chi connectivity index (χ0n) is 13.9. The number of methoxy groups -OCH3 is 1. The first-order chi connectivity index (χ1) is 11.4. The highest BCUT2D eigenvalue weighted by Crippen LogP contribution is 2.58. The highest BCUT2D eigenvalue weighted by molar-refractivity contribution is 5.85. The number of halogens is 4. The smallest absolute Gasteiger partial charge is 0.416 e. The summed E-state index contributed by atoms with van der Waals surface area (Å²) in [6.45, 7) is 1.68. The van der Waals surface area contributed by atoms with Crippen molar-refractivity contribution in [3.8, 4) is 5.75 Å². The molecule has 1 spiro atoms. The van der Waals surface area contributed by atoms with Crippen LogP contribution in [0.2, 0.25) is 0 Å². The summed E-state index contributed by atoms with van der Waals surface area (Å²) in [5.74, 6) is -0.0544. The molecule has 1 aliphatic carbocycles. The molecule has 140 valence electrons. The molecule has 1 unspecified atom stereocenters. The maximum absolute atomic E-state index is 13.2. The third-order valence-corrected chi connectivity index (χ3v) is 5.18. The lowest BCUT2D eigenvalue weighted by molar-refractivity contribution is -0.138. The van der Waals surface area contributed by atoms with Gasteiger partial charge < -0.3 is 15.4 Å². The van der Waals surface area contributed by atoms with Gasteiger partial charge in [0.25, 0.3) is 0 Å². The van der Waals surface area contributed by atoms with Crippen LogP contribution in [0.5, 0.6) is 5.75 Å². The lowest BCUT2D eigenvalue weighted by atomic mass is 9.92. The number of hydrogen-bond acceptors (Lipinski definition) is 3. The van der Waals surface area contributed by atoms with Crippen molar-refractivity contribution in [2.75, 3.05) is 20.2 Å². The summed E-state index contributed by atoms with van der Waals surface area (Å²) >= 11 is 0. The molecule has 2 aliphatic rings. The molecule has 4 nitrogen and oxygen atoms in total. The minimum absolute atomic E-state index is 0. The number of ether oxygens (including phenoxy) is 1. The van der Waals surface area contributed by atoms with Crippen LogP contribution in [-0.2, 0) is 17.5 Å². The Morgan fingerprint density at radius 2 is 2.04 bits per heavy atom. The molecule has 25 heavy (non-hydrogen) atoms. The Balaban J connectivity index is 0.00000225. The van der Waals surface area contributed by atoms with Gasteiger partial charge in [-0.05, 0) is 55.5 Å². The monoisotopic (exact) mass is 378 g/mol. The number of piperidine rings is 1. The molecule has 1 saturated heterocycles. The van der Waals surface area contributed by atoms with E-state index in [1.165, 1.54) is 19.2 Å². The molecule has 0 aromatic heterocycles. The Bertz CT molecular complexity index is 631. The number of carbonyl (C=O) groups is 1. The second kappa shape index (κ2) is 7.41. The molecule has 2 N–H and O–H groups in total. The molecule has 1 atom stereocenters. The van der Waals surface area contributed by atoms with Crippen molar-refractivity contribution < 1.29 is 22.7 Å². The zero-order valence-corrected chi connectivity index (χ0v) is 14.7. The molecule has 1 aromatic rings. The van der Waals surface area contributed by atoms with E-state index in [0.717, 1.165) is 38.4 Å². The molecule has 1 aromatic carbocycles. The van der Waals surface area contributed by atoms with Crippen LogP contribution in [0.3, 0.4) is 0 Å². The Morgan fingerprint density at radius 3 is 2.64 bits per heavy atom. The third-order valence-electron chi connectivity index (χ3n) is 5.18. The van der Waals surface area contributed by atoms with Crippen LogP contribution in [0.15, 0.2) is 18.2 Å². The van der Waals surface area contributed by atoms with Gasteiger partial charge in [0.2, 0.25) is 5.91 Å². The predicted octanol–water partition coefficient (Wildman–Crippen LogP) is 3.14. The van der Waals surface area contributed by atoms with Crippen LogP contribution < -0.4 is 15.4 Å². The van der Waals surface area contributed by atoms with Gasteiger partial charge in [-0.3, -0.25) is 4.79 Å². The van der Waals surface area contributed by atoms with Crippen molar-refractivity contribution in [3.63, 3.8) is 0 Å². The number of benzene rings is 1. The summed E-state index contributed by atoms with van der Waals surface area (Å²) in [6.07, 6.45) is -1.72. The SMILES string of the molecule is COc1ccc(CNC(=O)C2CC23CCNCC3)c(C(F)(F)F)c1.Cl. The summed E-state index contributed by atoms with van der Waals surface area (Å²) in [4.78, 5) is 12.3. The van der Waals surface area contributed by atoms with Gasteiger partial charge in [-0.25, -0.2) is 0 Å². The second-order valence-corrected chi connectivity index (χ2v) is 6.61. The van der Waals surface area contributed by atoms with Crippen molar-refractivity contribution in [1.29, 1.82) is 0 Å². The normalized spacial score (nSPS) is 21.4. The van der Waals surface area contributed by atoms with Gasteiger partial charge in [0.15, 0.2) is 0 Å². The fourth-order valence-electron chi connectivity index (χ4n) is 3.60. The highest BCUT2D eigenvalue weighted by Gasteiger charge is 2.57. The highest BCUT2D eigenvalue weighted by atomic mass is 35.5. The van der Waals surface area contributed by atoms with Gasteiger partial charge in [-0.2, -0.15) is 13.2 Å². The van der Waals surface area contributed by atoms with E-state index in [0.29, 0.717) is 0 Å². The zero-order chi connectivity index (χ0) is 17.4. The minimum Gasteiger partial charge on any atom is -0.497 e. The number of carbonyl (C=O) groups excluding carboxylic acids is 1. The Kier molecular flexibility index (Phi) is 5.89. The molecule has 3 rings (SSSR count). The number of hydrogen-bond donors (Lipinski definition) is 2. The molecule has 1 saturated carbocycles. The standard InChI is InChI=1S/C17H21F3N2O2.ClH/c1-24-12-3-2-11(13(8-12)17(18,19)20)10-22-15(23)14-9-16(14)4-6-21-7-5-16;/h2-3,8,14,21H,4-7,9-10H2,1H3,(H,22,23);1H. The fraction of sp³-hybridized carbons (Fsp3) is 0.588. The summed E-state index contributed by atoms with van der Waals surface area (Å²) in [5.41, 5.74) is -0.645. The Labute approximate surface area is 150 Å². The van der Waals surface area contributed by atoms with Gasteiger partial charge in [-0.15, -0.1) is 12.4 Å². The number of nitrogens with one attached hydrogen (secondary N) is 2. The lowest BCUT2D eigenvalue weighted by Gasteiger charge is -2.23. The van der Waals surface area contributed by atoms with Crippen LogP contribution in [0.4, 0.5) is 13.2 Å². The van der Waals surface area contributed by atoms with E-state index in [9.17, 15) is 18.0 Å². The third kappa shape index (κ3) is 4.20. The number of rotatable bonds is 4. The summed E-state index contributed by atoms with van der Waals surface area (Å²) in [6, 6.07) is 3.80. The number of amides is 1. The van der Waals surface area contributed by atoms with E-state index in [-0.39, 0.29) is 47.5 Å². The van der Waals surface area contributed by atoms with Gasteiger partial charge in [0, 0.05) is 12.5 Å². The summed E-state index contributed by atoms with van der Waals surface area (Å²) < 4.78 is 44.4. The topological polar surface area (TPSA) is 50.4 Å². The fourth-order valence-corrected chi connectivity index (χ4v) is 3.60. The van der Waals surface area contributed by atoms with E-state index >= 15 is 0 Å². The first-order valence-corrected chi connectivity index (χ1v) is 8.08. The number of alkyl halides is 3. The van der Waals surface area contributed by atoms with Gasteiger partial charge >= 0.3 is 6.18 Å². The van der Waals surface area contributed by atoms with E-state index in [1.54, 1.807) is 0 Å². The minimum atomic E-state index is -4.48. The molecule has 1 amide bonds. The molecule has 2 fully saturated rings. The second-order valence-electron chi connectivity index (χ2n) is 6.61. The Morgan fingerprint density at radius 1 is 1.36 bits per heavy atom. The molecular formula is C17H22ClF3N2O2. The predicted molar refractivity (Wildman–Crippen MR) is 89.7 cm³/mol. The van der Waals surface area contributed by atoms with Crippen LogP contribution in [0, 0.1) is 11.3 Å². The Hall–Kier alpha value is -1.47. The van der Waals surface area contributed by atoms with Gasteiger partial charge in [0.1, 0.15) is 5.75 Å². The molecule has 1 aliphatic heterocycles. The summed E-state index contributed by atoms with van der Waals surface area (Å²) in [5, 5.41) is 5.95. The van der Waals surface area contributed by atoms with Crippen molar-refractivity contribution in [3.05, 3.63) is 29.3 Å². The van der Waals surface area contributed by atoms with E-state index in [1.807, 2.05) is 0 Å². The first-order valence-electron chi connectivity index (χ1n) is 8.08. The molecule has 8 heteroatoms. The van der Waals surface area contributed by atoms with E-state index in [4.69, 9.17) is 4.74 Å². The molecule has 1 heterocycles. The maximum Gasteiger partial charge on any atom is 0.416 e.